The normalized spacial score (nSPS) is 11.6. The lowest BCUT2D eigenvalue weighted by Gasteiger charge is -2.20. The molecule has 0 radical (unpaired) electrons. The van der Waals surface area contributed by atoms with Crippen LogP contribution in [0.15, 0.2) is 0 Å². The third kappa shape index (κ3) is 7.35. The lowest BCUT2D eigenvalue weighted by atomic mass is 10.2. The van der Waals surface area contributed by atoms with Crippen molar-refractivity contribution in [3.63, 3.8) is 0 Å². The van der Waals surface area contributed by atoms with Crippen LogP contribution in [0.4, 0.5) is 0 Å². The number of nitrogens with zero attached hydrogens (tertiary/aromatic N) is 2. The molecular weight excluding hydrogens is 236 g/mol. The van der Waals surface area contributed by atoms with Crippen LogP contribution in [-0.4, -0.2) is 31.6 Å². The van der Waals surface area contributed by atoms with E-state index in [1.807, 2.05) is 0 Å². The third-order valence-electron chi connectivity index (χ3n) is 2.66. The number of hydrogen-bond donors (Lipinski definition) is 0. The summed E-state index contributed by atoms with van der Waals surface area (Å²) in [4.78, 5) is 0. The van der Waals surface area contributed by atoms with Gasteiger partial charge < -0.3 is 0 Å². The van der Waals surface area contributed by atoms with Crippen molar-refractivity contribution in [2.45, 2.75) is 52.4 Å². The lowest BCUT2D eigenvalue weighted by Crippen LogP contribution is -2.34. The summed E-state index contributed by atoms with van der Waals surface area (Å²) in [5.41, 5.74) is 0. The van der Waals surface area contributed by atoms with Gasteiger partial charge in [-0.2, -0.15) is 5.26 Å². The number of sulfonamides is 1. The Bertz CT molecular complexity index is 310. The SMILES string of the molecule is CCCCCN(CCCCC)S(=O)(=O)CC#N. The van der Waals surface area contributed by atoms with Gasteiger partial charge in [0.05, 0.1) is 6.07 Å². The first-order valence-corrected chi connectivity index (χ1v) is 8.04. The Labute approximate surface area is 106 Å². The Morgan fingerprint density at radius 1 is 1.00 bits per heavy atom. The maximum atomic E-state index is 11.8. The molecular formula is C12H24N2O2S. The summed E-state index contributed by atoms with van der Waals surface area (Å²) in [5, 5.41) is 8.54. The van der Waals surface area contributed by atoms with Gasteiger partial charge in [-0.25, -0.2) is 12.7 Å². The van der Waals surface area contributed by atoms with Crippen LogP contribution >= 0.6 is 0 Å². The Hall–Kier alpha value is -0.600. The van der Waals surface area contributed by atoms with E-state index in [4.69, 9.17) is 5.26 Å². The monoisotopic (exact) mass is 260 g/mol. The van der Waals surface area contributed by atoms with E-state index < -0.39 is 15.8 Å². The van der Waals surface area contributed by atoms with Gasteiger partial charge in [-0.1, -0.05) is 39.5 Å². The van der Waals surface area contributed by atoms with Crippen LogP contribution in [-0.2, 0) is 10.0 Å². The maximum absolute atomic E-state index is 11.8. The summed E-state index contributed by atoms with van der Waals surface area (Å²) < 4.78 is 25.1. The number of unbranched alkanes of at least 4 members (excludes halogenated alkanes) is 4. The highest BCUT2D eigenvalue weighted by molar-refractivity contribution is 7.89. The second-order valence-corrected chi connectivity index (χ2v) is 6.20. The van der Waals surface area contributed by atoms with Crippen LogP contribution < -0.4 is 0 Å². The first kappa shape index (κ1) is 16.4. The minimum absolute atomic E-state index is 0.398. The van der Waals surface area contributed by atoms with Crippen LogP contribution in [0.2, 0.25) is 0 Å². The molecule has 17 heavy (non-hydrogen) atoms. The molecule has 0 spiro atoms. The van der Waals surface area contributed by atoms with E-state index in [2.05, 4.69) is 13.8 Å². The van der Waals surface area contributed by atoms with Crippen molar-refractivity contribution in [2.75, 3.05) is 18.8 Å². The molecule has 0 atom stereocenters. The summed E-state index contributed by atoms with van der Waals surface area (Å²) in [5.74, 6) is -0.398. The van der Waals surface area contributed by atoms with Crippen molar-refractivity contribution in [3.8, 4) is 6.07 Å². The van der Waals surface area contributed by atoms with Crippen molar-refractivity contribution >= 4 is 10.0 Å². The van der Waals surface area contributed by atoms with E-state index in [1.165, 1.54) is 4.31 Å². The smallest absolute Gasteiger partial charge is 0.211 e. The molecule has 0 aliphatic heterocycles. The molecule has 0 N–H and O–H groups in total. The quantitative estimate of drug-likeness (QED) is 0.567. The molecule has 5 heteroatoms. The highest BCUT2D eigenvalue weighted by atomic mass is 32.2. The minimum atomic E-state index is -3.36. The Morgan fingerprint density at radius 2 is 1.47 bits per heavy atom. The molecule has 0 aliphatic carbocycles. The van der Waals surface area contributed by atoms with Crippen LogP contribution in [0.5, 0.6) is 0 Å². The predicted molar refractivity (Wildman–Crippen MR) is 70.0 cm³/mol. The fraction of sp³-hybridized carbons (Fsp3) is 0.917. The van der Waals surface area contributed by atoms with E-state index in [-0.39, 0.29) is 0 Å². The molecule has 0 unspecified atom stereocenters. The Morgan fingerprint density at radius 3 is 1.82 bits per heavy atom. The summed E-state index contributed by atoms with van der Waals surface area (Å²) >= 11 is 0. The molecule has 100 valence electrons. The first-order chi connectivity index (χ1) is 8.08. The van der Waals surface area contributed by atoms with Crippen LogP contribution in [0, 0.1) is 11.3 Å². The van der Waals surface area contributed by atoms with E-state index >= 15 is 0 Å². The minimum Gasteiger partial charge on any atom is -0.211 e. The summed E-state index contributed by atoms with van der Waals surface area (Å²) in [7, 11) is -3.36. The molecule has 0 fully saturated rings. The number of hydrogen-bond acceptors (Lipinski definition) is 3. The van der Waals surface area contributed by atoms with Crippen LogP contribution in [0.3, 0.4) is 0 Å². The first-order valence-electron chi connectivity index (χ1n) is 6.43. The molecule has 0 saturated carbocycles. The molecule has 0 rings (SSSR count). The highest BCUT2D eigenvalue weighted by Gasteiger charge is 2.20. The van der Waals surface area contributed by atoms with Crippen molar-refractivity contribution in [1.29, 1.82) is 5.26 Å². The summed E-state index contributed by atoms with van der Waals surface area (Å²) in [6, 6.07) is 1.74. The van der Waals surface area contributed by atoms with E-state index in [0.717, 1.165) is 38.5 Å². The van der Waals surface area contributed by atoms with Crippen molar-refractivity contribution in [1.82, 2.24) is 4.31 Å². The Balaban J connectivity index is 4.34. The molecule has 0 aromatic carbocycles. The molecule has 0 heterocycles. The Kier molecular flexibility index (Phi) is 9.10. The van der Waals surface area contributed by atoms with Gasteiger partial charge in [-0.15, -0.1) is 0 Å². The van der Waals surface area contributed by atoms with Crippen molar-refractivity contribution in [2.24, 2.45) is 0 Å². The van der Waals surface area contributed by atoms with E-state index in [0.29, 0.717) is 13.1 Å². The molecule has 0 aromatic heterocycles. The second-order valence-electron chi connectivity index (χ2n) is 4.23. The molecule has 4 nitrogen and oxygen atoms in total. The molecule has 0 saturated heterocycles. The molecule has 0 amide bonds. The van der Waals surface area contributed by atoms with Gasteiger partial charge in [-0.05, 0) is 12.8 Å². The van der Waals surface area contributed by atoms with Gasteiger partial charge in [0.15, 0.2) is 5.75 Å². The second kappa shape index (κ2) is 9.43. The fourth-order valence-electron chi connectivity index (χ4n) is 1.64. The van der Waals surface area contributed by atoms with Gasteiger partial charge in [0.25, 0.3) is 0 Å². The number of nitriles is 1. The van der Waals surface area contributed by atoms with E-state index in [1.54, 1.807) is 6.07 Å². The van der Waals surface area contributed by atoms with Gasteiger partial charge in [0, 0.05) is 13.1 Å². The molecule has 0 bridgehead atoms. The zero-order valence-electron chi connectivity index (χ0n) is 11.0. The van der Waals surface area contributed by atoms with E-state index in [9.17, 15) is 8.42 Å². The van der Waals surface area contributed by atoms with Gasteiger partial charge in [0.1, 0.15) is 0 Å². The topological polar surface area (TPSA) is 61.2 Å². The fourth-order valence-corrected chi connectivity index (χ4v) is 2.80. The predicted octanol–water partition coefficient (Wildman–Crippen LogP) is 2.52. The zero-order chi connectivity index (χ0) is 13.1. The third-order valence-corrected chi connectivity index (χ3v) is 4.31. The van der Waals surface area contributed by atoms with Gasteiger partial charge >= 0.3 is 0 Å². The van der Waals surface area contributed by atoms with Gasteiger partial charge in [-0.3, -0.25) is 0 Å². The molecule has 0 aromatic rings. The summed E-state index contributed by atoms with van der Waals surface area (Å²) in [6.07, 6.45) is 5.97. The lowest BCUT2D eigenvalue weighted by molar-refractivity contribution is 0.390. The standard InChI is InChI=1S/C12H24N2O2S/c1-3-5-7-10-14(11-8-6-4-2)17(15,16)12-9-13/h3-8,10-12H2,1-2H3. The summed E-state index contributed by atoms with van der Waals surface area (Å²) in [6.45, 7) is 5.29. The van der Waals surface area contributed by atoms with Crippen molar-refractivity contribution < 1.29 is 8.42 Å². The largest absolute Gasteiger partial charge is 0.227 e. The van der Waals surface area contributed by atoms with Crippen LogP contribution in [0.25, 0.3) is 0 Å². The highest BCUT2D eigenvalue weighted by Crippen LogP contribution is 2.08. The molecule has 0 aliphatic rings. The zero-order valence-corrected chi connectivity index (χ0v) is 11.8. The van der Waals surface area contributed by atoms with Crippen molar-refractivity contribution in [3.05, 3.63) is 0 Å². The van der Waals surface area contributed by atoms with Gasteiger partial charge in [0.2, 0.25) is 10.0 Å². The maximum Gasteiger partial charge on any atom is 0.227 e. The number of rotatable bonds is 10. The average Bonchev–Trinajstić information content (AvgIpc) is 2.27. The average molecular weight is 260 g/mol. The van der Waals surface area contributed by atoms with Crippen LogP contribution in [0.1, 0.15) is 52.4 Å².